The monoisotopic (exact) mass is 374 g/mol. The van der Waals surface area contributed by atoms with Crippen LogP contribution >= 0.6 is 0 Å². The Bertz CT molecular complexity index is 1030. The van der Waals surface area contributed by atoms with Crippen molar-refractivity contribution in [2.75, 3.05) is 12.4 Å². The topological polar surface area (TPSA) is 98.9 Å². The Morgan fingerprint density at radius 3 is 2.50 bits per heavy atom. The summed E-state index contributed by atoms with van der Waals surface area (Å²) in [7, 11) is 1.63. The maximum absolute atomic E-state index is 5.38. The number of nitrogens with one attached hydrogen (secondary N) is 1. The van der Waals surface area contributed by atoms with Gasteiger partial charge in [-0.1, -0.05) is 5.16 Å². The molecular formula is C20H18N6O2. The third-order valence-electron chi connectivity index (χ3n) is 4.20. The molecule has 0 radical (unpaired) electrons. The first-order chi connectivity index (χ1) is 13.7. The molecule has 1 aromatic carbocycles. The van der Waals surface area contributed by atoms with E-state index in [4.69, 9.17) is 9.26 Å². The van der Waals surface area contributed by atoms with Crippen LogP contribution in [0.25, 0.3) is 22.8 Å². The lowest BCUT2D eigenvalue weighted by atomic mass is 10.2. The highest BCUT2D eigenvalue weighted by atomic mass is 16.5. The lowest BCUT2D eigenvalue weighted by Crippen LogP contribution is -2.09. The Kier molecular flexibility index (Phi) is 4.92. The number of hydrogen-bond acceptors (Lipinski definition) is 8. The highest BCUT2D eigenvalue weighted by Crippen LogP contribution is 2.24. The number of benzene rings is 1. The first-order valence-corrected chi connectivity index (χ1v) is 8.70. The quantitative estimate of drug-likeness (QED) is 0.544. The molecule has 1 N–H and O–H groups in total. The van der Waals surface area contributed by atoms with E-state index in [1.54, 1.807) is 19.5 Å². The molecule has 3 heterocycles. The van der Waals surface area contributed by atoms with E-state index in [9.17, 15) is 0 Å². The van der Waals surface area contributed by atoms with Crippen molar-refractivity contribution in [1.29, 1.82) is 0 Å². The second-order valence-electron chi connectivity index (χ2n) is 6.08. The molecule has 4 aromatic rings. The number of ether oxygens (including phenoxy) is 1. The second-order valence-corrected chi connectivity index (χ2v) is 6.08. The van der Waals surface area contributed by atoms with Crippen LogP contribution in [0.1, 0.15) is 18.7 Å². The molecule has 8 heteroatoms. The molecule has 0 aliphatic heterocycles. The second kappa shape index (κ2) is 7.83. The van der Waals surface area contributed by atoms with Crippen molar-refractivity contribution in [3.8, 4) is 28.6 Å². The fourth-order valence-electron chi connectivity index (χ4n) is 2.66. The first kappa shape index (κ1) is 17.6. The number of hydrogen-bond donors (Lipinski definition) is 1. The van der Waals surface area contributed by atoms with Crippen molar-refractivity contribution in [2.45, 2.75) is 13.0 Å². The fraction of sp³-hybridized carbons (Fsp3) is 0.150. The molecule has 0 fully saturated rings. The smallest absolute Gasteiger partial charge is 0.259 e. The Balaban J connectivity index is 1.47. The Labute approximate surface area is 161 Å². The predicted octanol–water partition coefficient (Wildman–Crippen LogP) is 3.77. The van der Waals surface area contributed by atoms with Crippen LogP contribution in [0.2, 0.25) is 0 Å². The van der Waals surface area contributed by atoms with Gasteiger partial charge in [0.25, 0.3) is 5.89 Å². The van der Waals surface area contributed by atoms with Crippen molar-refractivity contribution >= 4 is 5.82 Å². The molecule has 4 rings (SSSR count). The third kappa shape index (κ3) is 3.80. The largest absolute Gasteiger partial charge is 0.497 e. The first-order valence-electron chi connectivity index (χ1n) is 8.70. The van der Waals surface area contributed by atoms with Gasteiger partial charge in [-0.2, -0.15) is 4.98 Å². The molecule has 0 aliphatic carbocycles. The number of anilines is 1. The van der Waals surface area contributed by atoms with Crippen LogP contribution in [0.4, 0.5) is 5.82 Å². The molecule has 0 bridgehead atoms. The zero-order valence-electron chi connectivity index (χ0n) is 15.4. The van der Waals surface area contributed by atoms with E-state index < -0.39 is 0 Å². The molecular weight excluding hydrogens is 356 g/mol. The van der Waals surface area contributed by atoms with Gasteiger partial charge in [-0.05, 0) is 49.4 Å². The van der Waals surface area contributed by atoms with E-state index >= 15 is 0 Å². The standard InChI is InChI=1S/C20H18N6O2/c1-13(17-9-10-21-12-23-17)24-18-8-5-15(11-22-18)20-25-19(26-28-20)14-3-6-16(27-2)7-4-14/h3-13H,1-2H3,(H,22,24). The van der Waals surface area contributed by atoms with Gasteiger partial charge in [-0.25, -0.2) is 15.0 Å². The van der Waals surface area contributed by atoms with Crippen LogP contribution in [-0.2, 0) is 0 Å². The minimum absolute atomic E-state index is 0.00595. The van der Waals surface area contributed by atoms with Gasteiger partial charge >= 0.3 is 0 Å². The van der Waals surface area contributed by atoms with Crippen molar-refractivity contribution in [3.05, 3.63) is 66.9 Å². The van der Waals surface area contributed by atoms with Crippen molar-refractivity contribution in [1.82, 2.24) is 25.1 Å². The van der Waals surface area contributed by atoms with Crippen molar-refractivity contribution in [2.24, 2.45) is 0 Å². The van der Waals surface area contributed by atoms with Gasteiger partial charge in [-0.15, -0.1) is 0 Å². The number of nitrogens with zero attached hydrogens (tertiary/aromatic N) is 5. The van der Waals surface area contributed by atoms with Crippen LogP contribution in [0.15, 0.2) is 65.7 Å². The van der Waals surface area contributed by atoms with E-state index in [1.807, 2.05) is 49.4 Å². The summed E-state index contributed by atoms with van der Waals surface area (Å²) in [6.07, 6.45) is 4.94. The summed E-state index contributed by atoms with van der Waals surface area (Å²) >= 11 is 0. The van der Waals surface area contributed by atoms with Crippen molar-refractivity contribution in [3.63, 3.8) is 0 Å². The van der Waals surface area contributed by atoms with E-state index in [-0.39, 0.29) is 6.04 Å². The van der Waals surface area contributed by atoms with E-state index in [2.05, 4.69) is 30.4 Å². The Morgan fingerprint density at radius 1 is 1.00 bits per heavy atom. The van der Waals surface area contributed by atoms with E-state index in [0.29, 0.717) is 11.7 Å². The molecule has 0 amide bonds. The summed E-state index contributed by atoms with van der Waals surface area (Å²) < 4.78 is 10.5. The summed E-state index contributed by atoms with van der Waals surface area (Å²) in [6.45, 7) is 2.01. The van der Waals surface area contributed by atoms with Gasteiger partial charge in [0.05, 0.1) is 24.4 Å². The maximum Gasteiger partial charge on any atom is 0.259 e. The molecule has 8 nitrogen and oxygen atoms in total. The summed E-state index contributed by atoms with van der Waals surface area (Å²) in [4.78, 5) is 17.0. The fourth-order valence-corrected chi connectivity index (χ4v) is 2.66. The highest BCUT2D eigenvalue weighted by molar-refractivity contribution is 5.60. The van der Waals surface area contributed by atoms with Crippen LogP contribution < -0.4 is 10.1 Å². The van der Waals surface area contributed by atoms with Gasteiger partial charge in [0, 0.05) is 18.0 Å². The Hall–Kier alpha value is -3.81. The van der Waals surface area contributed by atoms with Gasteiger partial charge < -0.3 is 14.6 Å². The van der Waals surface area contributed by atoms with Gasteiger partial charge in [0.15, 0.2) is 0 Å². The van der Waals surface area contributed by atoms with Crippen LogP contribution in [-0.4, -0.2) is 32.2 Å². The molecule has 1 unspecified atom stereocenters. The minimum Gasteiger partial charge on any atom is -0.497 e. The molecule has 0 spiro atoms. The van der Waals surface area contributed by atoms with Crippen LogP contribution in [0, 0.1) is 0 Å². The highest BCUT2D eigenvalue weighted by Gasteiger charge is 2.12. The lowest BCUT2D eigenvalue weighted by molar-refractivity contribution is 0.415. The van der Waals surface area contributed by atoms with E-state index in [0.717, 1.165) is 28.4 Å². The van der Waals surface area contributed by atoms with Crippen LogP contribution in [0.5, 0.6) is 5.75 Å². The minimum atomic E-state index is 0.00595. The SMILES string of the molecule is COc1ccc(-c2noc(-c3ccc(NC(C)c4ccncn4)nc3)n2)cc1. The number of pyridine rings is 1. The average Bonchev–Trinajstić information content (AvgIpc) is 3.25. The molecule has 0 saturated carbocycles. The third-order valence-corrected chi connectivity index (χ3v) is 4.20. The average molecular weight is 374 g/mol. The van der Waals surface area contributed by atoms with Gasteiger partial charge in [0.2, 0.25) is 5.82 Å². The number of aromatic nitrogens is 5. The molecule has 0 aliphatic rings. The van der Waals surface area contributed by atoms with Gasteiger partial charge in [-0.3, -0.25) is 0 Å². The van der Waals surface area contributed by atoms with Gasteiger partial charge in [0.1, 0.15) is 17.9 Å². The molecule has 28 heavy (non-hydrogen) atoms. The zero-order valence-corrected chi connectivity index (χ0v) is 15.4. The normalized spacial score (nSPS) is 11.8. The number of rotatable bonds is 6. The molecule has 3 aromatic heterocycles. The zero-order chi connectivity index (χ0) is 19.3. The molecule has 140 valence electrons. The predicted molar refractivity (Wildman–Crippen MR) is 104 cm³/mol. The summed E-state index contributed by atoms with van der Waals surface area (Å²) in [5.74, 6) is 2.42. The Morgan fingerprint density at radius 2 is 1.82 bits per heavy atom. The lowest BCUT2D eigenvalue weighted by Gasteiger charge is -2.13. The summed E-state index contributed by atoms with van der Waals surface area (Å²) in [5.41, 5.74) is 2.48. The van der Waals surface area contributed by atoms with E-state index in [1.165, 1.54) is 6.33 Å². The summed E-state index contributed by atoms with van der Waals surface area (Å²) in [5, 5.41) is 7.34. The molecule has 1 atom stereocenters. The number of methoxy groups -OCH3 is 1. The van der Waals surface area contributed by atoms with Crippen molar-refractivity contribution < 1.29 is 9.26 Å². The van der Waals surface area contributed by atoms with Crippen LogP contribution in [0.3, 0.4) is 0 Å². The summed E-state index contributed by atoms with van der Waals surface area (Å²) in [6, 6.07) is 13.1. The maximum atomic E-state index is 5.38. The molecule has 0 saturated heterocycles.